The summed E-state index contributed by atoms with van der Waals surface area (Å²) in [5, 5.41) is 0. The number of hydrogen-bond donors (Lipinski definition) is 1. The molecule has 4 heteroatoms. The first-order chi connectivity index (χ1) is 6.92. The first-order valence-electron chi connectivity index (χ1n) is 4.60. The van der Waals surface area contributed by atoms with E-state index in [1.807, 2.05) is 19.1 Å². The van der Waals surface area contributed by atoms with E-state index >= 15 is 0 Å². The van der Waals surface area contributed by atoms with Crippen molar-refractivity contribution in [2.75, 3.05) is 11.0 Å². The zero-order valence-electron chi connectivity index (χ0n) is 8.95. The predicted octanol–water partition coefficient (Wildman–Crippen LogP) is 2.10. The number of allylic oxidation sites excluding steroid dienone is 1. The smallest absolute Gasteiger partial charge is 0.229 e. The molecule has 0 radical (unpaired) electrons. The van der Waals surface area contributed by atoms with E-state index in [0.29, 0.717) is 12.1 Å². The average Bonchev–Trinajstić information content (AvgIpc) is 2.08. The van der Waals surface area contributed by atoms with Crippen molar-refractivity contribution in [3.63, 3.8) is 0 Å². The Kier molecular flexibility index (Phi) is 3.52. The van der Waals surface area contributed by atoms with E-state index in [4.69, 9.17) is 0 Å². The Bertz CT molecular complexity index is 463. The number of aryl methyl sites for hydroxylation is 1. The van der Waals surface area contributed by atoms with Crippen LogP contribution in [0.25, 0.3) is 0 Å². The largest absolute Gasteiger partial charge is 0.283 e. The number of rotatable bonds is 4. The van der Waals surface area contributed by atoms with Crippen LogP contribution in [0.3, 0.4) is 0 Å². The highest BCUT2D eigenvalue weighted by Crippen LogP contribution is 2.19. The van der Waals surface area contributed by atoms with Gasteiger partial charge in [-0.25, -0.2) is 8.42 Å². The van der Waals surface area contributed by atoms with Gasteiger partial charge in [-0.3, -0.25) is 4.72 Å². The molecular formula is C11H15NO2S. The van der Waals surface area contributed by atoms with Crippen molar-refractivity contribution >= 4 is 15.7 Å². The van der Waals surface area contributed by atoms with Crippen LogP contribution in [0.4, 0.5) is 5.69 Å². The van der Waals surface area contributed by atoms with Crippen LogP contribution < -0.4 is 4.72 Å². The third-order valence-corrected chi connectivity index (χ3v) is 2.51. The molecule has 0 aliphatic rings. The molecule has 1 N–H and O–H groups in total. The molecule has 0 fully saturated rings. The Hall–Kier alpha value is -1.29. The van der Waals surface area contributed by atoms with E-state index in [0.717, 1.165) is 17.4 Å². The Morgan fingerprint density at radius 1 is 1.47 bits per heavy atom. The molecule has 1 aromatic rings. The van der Waals surface area contributed by atoms with Crippen molar-refractivity contribution in [3.8, 4) is 0 Å². The molecule has 15 heavy (non-hydrogen) atoms. The second kappa shape index (κ2) is 4.49. The van der Waals surface area contributed by atoms with Crippen LogP contribution in [-0.4, -0.2) is 14.7 Å². The van der Waals surface area contributed by atoms with Crippen LogP contribution in [-0.2, 0) is 16.4 Å². The second-order valence-corrected chi connectivity index (χ2v) is 5.28. The van der Waals surface area contributed by atoms with Gasteiger partial charge in [0.2, 0.25) is 10.0 Å². The van der Waals surface area contributed by atoms with Crippen LogP contribution in [0, 0.1) is 6.92 Å². The van der Waals surface area contributed by atoms with Gasteiger partial charge in [0.15, 0.2) is 0 Å². The van der Waals surface area contributed by atoms with E-state index in [1.54, 1.807) is 12.1 Å². The minimum Gasteiger partial charge on any atom is -0.283 e. The van der Waals surface area contributed by atoms with Gasteiger partial charge in [-0.05, 0) is 25.0 Å². The van der Waals surface area contributed by atoms with Gasteiger partial charge in [-0.1, -0.05) is 23.8 Å². The number of sulfonamides is 1. The lowest BCUT2D eigenvalue weighted by Gasteiger charge is -2.10. The maximum absolute atomic E-state index is 11.1. The Balaban J connectivity index is 3.11. The van der Waals surface area contributed by atoms with Gasteiger partial charge in [0, 0.05) is 0 Å². The SMILES string of the molecule is C=CCc1cc(C)ccc1NS(C)(=O)=O. The van der Waals surface area contributed by atoms with E-state index in [2.05, 4.69) is 11.3 Å². The summed E-state index contributed by atoms with van der Waals surface area (Å²) in [4.78, 5) is 0. The fraction of sp³-hybridized carbons (Fsp3) is 0.273. The number of anilines is 1. The van der Waals surface area contributed by atoms with Gasteiger partial charge in [0.25, 0.3) is 0 Å². The molecule has 82 valence electrons. The predicted molar refractivity (Wildman–Crippen MR) is 63.5 cm³/mol. The van der Waals surface area contributed by atoms with Crippen LogP contribution >= 0.6 is 0 Å². The molecule has 1 rings (SSSR count). The third-order valence-electron chi connectivity index (χ3n) is 1.92. The van der Waals surface area contributed by atoms with Crippen molar-refractivity contribution in [1.29, 1.82) is 0 Å². The van der Waals surface area contributed by atoms with Gasteiger partial charge >= 0.3 is 0 Å². The average molecular weight is 225 g/mol. The van der Waals surface area contributed by atoms with Crippen molar-refractivity contribution < 1.29 is 8.42 Å². The molecule has 0 bridgehead atoms. The molecule has 3 nitrogen and oxygen atoms in total. The molecule has 0 saturated carbocycles. The fourth-order valence-corrected chi connectivity index (χ4v) is 1.94. The van der Waals surface area contributed by atoms with E-state index < -0.39 is 10.0 Å². The summed E-state index contributed by atoms with van der Waals surface area (Å²) in [6.07, 6.45) is 3.55. The zero-order valence-corrected chi connectivity index (χ0v) is 9.76. The lowest BCUT2D eigenvalue weighted by atomic mass is 10.1. The molecule has 1 aromatic carbocycles. The normalized spacial score (nSPS) is 11.1. The van der Waals surface area contributed by atoms with Gasteiger partial charge < -0.3 is 0 Å². The summed E-state index contributed by atoms with van der Waals surface area (Å²) in [6, 6.07) is 5.60. The maximum Gasteiger partial charge on any atom is 0.229 e. The van der Waals surface area contributed by atoms with Crippen LogP contribution in [0.1, 0.15) is 11.1 Å². The fourth-order valence-electron chi connectivity index (χ4n) is 1.35. The molecule has 0 aliphatic carbocycles. The molecular weight excluding hydrogens is 210 g/mol. The Morgan fingerprint density at radius 3 is 2.67 bits per heavy atom. The first kappa shape index (κ1) is 11.8. The van der Waals surface area contributed by atoms with Crippen molar-refractivity contribution in [2.24, 2.45) is 0 Å². The highest BCUT2D eigenvalue weighted by atomic mass is 32.2. The molecule has 0 unspecified atom stereocenters. The van der Waals surface area contributed by atoms with Gasteiger partial charge in [-0.15, -0.1) is 6.58 Å². The minimum absolute atomic E-state index is 0.628. The molecule has 0 saturated heterocycles. The van der Waals surface area contributed by atoms with Crippen molar-refractivity contribution in [1.82, 2.24) is 0 Å². The maximum atomic E-state index is 11.1. The van der Waals surface area contributed by atoms with E-state index in [1.165, 1.54) is 0 Å². The van der Waals surface area contributed by atoms with Crippen LogP contribution in [0.5, 0.6) is 0 Å². The van der Waals surface area contributed by atoms with E-state index in [-0.39, 0.29) is 0 Å². The van der Waals surface area contributed by atoms with Crippen molar-refractivity contribution in [2.45, 2.75) is 13.3 Å². The van der Waals surface area contributed by atoms with Crippen LogP contribution in [0.2, 0.25) is 0 Å². The van der Waals surface area contributed by atoms with Gasteiger partial charge in [-0.2, -0.15) is 0 Å². The topological polar surface area (TPSA) is 46.2 Å². The van der Waals surface area contributed by atoms with Gasteiger partial charge in [0.05, 0.1) is 11.9 Å². The Labute approximate surface area is 90.9 Å². The monoisotopic (exact) mass is 225 g/mol. The lowest BCUT2D eigenvalue weighted by Crippen LogP contribution is -2.11. The summed E-state index contributed by atoms with van der Waals surface area (Å²) < 4.78 is 24.7. The standard InChI is InChI=1S/C11H15NO2S/c1-4-5-10-8-9(2)6-7-11(10)12-15(3,13)14/h4,6-8,12H,1,5H2,2-3H3. The molecule has 0 aliphatic heterocycles. The molecule has 0 spiro atoms. The quantitative estimate of drug-likeness (QED) is 0.798. The summed E-state index contributed by atoms with van der Waals surface area (Å²) in [5.74, 6) is 0. The molecule has 0 amide bonds. The minimum atomic E-state index is -3.22. The first-order valence-corrected chi connectivity index (χ1v) is 6.50. The summed E-state index contributed by atoms with van der Waals surface area (Å²) in [6.45, 7) is 5.62. The molecule has 0 heterocycles. The van der Waals surface area contributed by atoms with Crippen LogP contribution in [0.15, 0.2) is 30.9 Å². The summed E-state index contributed by atoms with van der Waals surface area (Å²) >= 11 is 0. The number of hydrogen-bond acceptors (Lipinski definition) is 2. The highest BCUT2D eigenvalue weighted by molar-refractivity contribution is 7.92. The molecule has 0 atom stereocenters. The highest BCUT2D eigenvalue weighted by Gasteiger charge is 2.06. The third kappa shape index (κ3) is 3.75. The zero-order chi connectivity index (χ0) is 11.5. The van der Waals surface area contributed by atoms with Crippen molar-refractivity contribution in [3.05, 3.63) is 42.0 Å². The van der Waals surface area contributed by atoms with Gasteiger partial charge in [0.1, 0.15) is 0 Å². The number of benzene rings is 1. The summed E-state index contributed by atoms with van der Waals surface area (Å²) in [7, 11) is -3.22. The summed E-state index contributed by atoms with van der Waals surface area (Å²) in [5.41, 5.74) is 2.67. The Morgan fingerprint density at radius 2 is 2.13 bits per heavy atom. The number of nitrogens with one attached hydrogen (secondary N) is 1. The lowest BCUT2D eigenvalue weighted by molar-refractivity contribution is 0.606. The van der Waals surface area contributed by atoms with E-state index in [9.17, 15) is 8.42 Å². The molecule has 0 aromatic heterocycles. The second-order valence-electron chi connectivity index (χ2n) is 3.53.